The molecule has 3 aromatic rings. The van der Waals surface area contributed by atoms with E-state index in [0.717, 1.165) is 36.5 Å². The van der Waals surface area contributed by atoms with Crippen molar-refractivity contribution in [3.05, 3.63) is 48.0 Å². The van der Waals surface area contributed by atoms with Crippen LogP contribution in [0.1, 0.15) is 28.6 Å². The maximum atomic E-state index is 12.7. The lowest BCUT2D eigenvalue weighted by atomic mass is 10.0. The van der Waals surface area contributed by atoms with E-state index in [1.165, 1.54) is 11.3 Å². The van der Waals surface area contributed by atoms with Crippen LogP contribution in [0.5, 0.6) is 0 Å². The number of thiazole rings is 1. The summed E-state index contributed by atoms with van der Waals surface area (Å²) in [4.78, 5) is 19.7. The highest BCUT2D eigenvalue weighted by Gasteiger charge is 2.25. The number of aromatic nitrogens is 4. The molecule has 1 amide bonds. The topological polar surface area (TPSA) is 56.0 Å². The summed E-state index contributed by atoms with van der Waals surface area (Å²) >= 11 is 1.44. The number of piperidine rings is 1. The predicted octanol–water partition coefficient (Wildman–Crippen LogP) is 2.82. The summed E-state index contributed by atoms with van der Waals surface area (Å²) in [5.41, 5.74) is 0.952. The van der Waals surface area contributed by atoms with Crippen molar-refractivity contribution in [1.29, 1.82) is 0 Å². The lowest BCUT2D eigenvalue weighted by Crippen LogP contribution is -2.38. The van der Waals surface area contributed by atoms with Crippen molar-refractivity contribution in [3.8, 4) is 10.6 Å². The minimum atomic E-state index is 0.0913. The van der Waals surface area contributed by atoms with Gasteiger partial charge in [0.15, 0.2) is 0 Å². The van der Waals surface area contributed by atoms with E-state index in [-0.39, 0.29) is 5.91 Å². The molecule has 1 aliphatic heterocycles. The smallest absolute Gasteiger partial charge is 0.265 e. The Bertz CT molecular complexity index is 827. The highest BCUT2D eigenvalue weighted by atomic mass is 32.1. The lowest BCUT2D eigenvalue weighted by Gasteiger charge is -2.32. The van der Waals surface area contributed by atoms with Gasteiger partial charge in [0.2, 0.25) is 0 Å². The molecule has 0 aliphatic carbocycles. The molecule has 1 fully saturated rings. The number of carbonyl (C=O) groups excluding carboxylic acids is 1. The number of likely N-dealkylation sites (tertiary alicyclic amines) is 1. The lowest BCUT2D eigenvalue weighted by molar-refractivity contribution is 0.0699. The molecule has 3 aromatic heterocycles. The first-order chi connectivity index (χ1) is 11.7. The van der Waals surface area contributed by atoms with E-state index in [1.807, 2.05) is 18.1 Å². The Hall–Kier alpha value is -2.41. The molecule has 0 radical (unpaired) electrons. The summed E-state index contributed by atoms with van der Waals surface area (Å²) in [7, 11) is 1.87. The third-order valence-electron chi connectivity index (χ3n) is 4.47. The van der Waals surface area contributed by atoms with Crippen LogP contribution in [-0.2, 0) is 7.05 Å². The van der Waals surface area contributed by atoms with Crippen molar-refractivity contribution in [2.24, 2.45) is 7.05 Å². The second kappa shape index (κ2) is 6.24. The van der Waals surface area contributed by atoms with Gasteiger partial charge in [0.05, 0.1) is 12.4 Å². The first-order valence-electron chi connectivity index (χ1n) is 8.07. The van der Waals surface area contributed by atoms with E-state index in [2.05, 4.69) is 39.2 Å². The SMILES string of the molecule is Cn1cc(-c2ncc(C(=O)N3CCC(n4cccc4)CC3)s2)cn1. The molecule has 24 heavy (non-hydrogen) atoms. The Morgan fingerprint density at radius 2 is 1.96 bits per heavy atom. The van der Waals surface area contributed by atoms with Crippen LogP contribution in [0.15, 0.2) is 43.1 Å². The minimum Gasteiger partial charge on any atom is -0.351 e. The summed E-state index contributed by atoms with van der Waals surface area (Å²) in [6, 6.07) is 4.60. The minimum absolute atomic E-state index is 0.0913. The first-order valence-corrected chi connectivity index (χ1v) is 8.89. The van der Waals surface area contributed by atoms with Gasteiger partial charge in [0, 0.05) is 50.3 Å². The van der Waals surface area contributed by atoms with Gasteiger partial charge in [0.25, 0.3) is 5.91 Å². The fraction of sp³-hybridized carbons (Fsp3) is 0.353. The maximum absolute atomic E-state index is 12.7. The van der Waals surface area contributed by atoms with Crippen LogP contribution in [-0.4, -0.2) is 43.2 Å². The molecule has 7 heteroatoms. The Morgan fingerprint density at radius 3 is 2.62 bits per heavy atom. The molecule has 0 aromatic carbocycles. The number of hydrogen-bond donors (Lipinski definition) is 0. The molecular weight excluding hydrogens is 322 g/mol. The zero-order valence-corrected chi connectivity index (χ0v) is 14.3. The van der Waals surface area contributed by atoms with Crippen LogP contribution in [0.3, 0.4) is 0 Å². The van der Waals surface area contributed by atoms with Gasteiger partial charge >= 0.3 is 0 Å². The Morgan fingerprint density at radius 1 is 1.21 bits per heavy atom. The summed E-state index contributed by atoms with van der Waals surface area (Å²) in [5.74, 6) is 0.0913. The maximum Gasteiger partial charge on any atom is 0.265 e. The van der Waals surface area contributed by atoms with Crippen LogP contribution in [0, 0.1) is 0 Å². The predicted molar refractivity (Wildman–Crippen MR) is 92.9 cm³/mol. The molecular formula is C17H19N5OS. The molecule has 0 atom stereocenters. The van der Waals surface area contributed by atoms with Crippen molar-refractivity contribution in [3.63, 3.8) is 0 Å². The average Bonchev–Trinajstić information content (AvgIpc) is 3.35. The van der Waals surface area contributed by atoms with Crippen molar-refractivity contribution in [1.82, 2.24) is 24.2 Å². The van der Waals surface area contributed by atoms with Gasteiger partial charge in [-0.05, 0) is 25.0 Å². The Labute approximate surface area is 144 Å². The highest BCUT2D eigenvalue weighted by Crippen LogP contribution is 2.28. The molecule has 0 N–H and O–H groups in total. The van der Waals surface area contributed by atoms with Crippen LogP contribution >= 0.6 is 11.3 Å². The first kappa shape index (κ1) is 15.1. The molecule has 0 saturated carbocycles. The van der Waals surface area contributed by atoms with E-state index >= 15 is 0 Å². The average molecular weight is 341 g/mol. The number of hydrogen-bond acceptors (Lipinski definition) is 4. The molecule has 0 spiro atoms. The van der Waals surface area contributed by atoms with E-state index in [0.29, 0.717) is 10.9 Å². The van der Waals surface area contributed by atoms with Crippen molar-refractivity contribution >= 4 is 17.2 Å². The van der Waals surface area contributed by atoms with Crippen molar-refractivity contribution in [2.45, 2.75) is 18.9 Å². The second-order valence-electron chi connectivity index (χ2n) is 6.09. The van der Waals surface area contributed by atoms with Crippen LogP contribution < -0.4 is 0 Å². The fourth-order valence-corrected chi connectivity index (χ4v) is 4.01. The van der Waals surface area contributed by atoms with Gasteiger partial charge < -0.3 is 9.47 Å². The summed E-state index contributed by atoms with van der Waals surface area (Å²) in [5, 5.41) is 5.00. The molecule has 4 heterocycles. The zero-order valence-electron chi connectivity index (χ0n) is 13.5. The Kier molecular flexibility index (Phi) is 3.93. The molecule has 0 unspecified atom stereocenters. The largest absolute Gasteiger partial charge is 0.351 e. The summed E-state index contributed by atoms with van der Waals surface area (Å²) in [6.07, 6.45) is 11.6. The number of carbonyl (C=O) groups is 1. The molecule has 1 saturated heterocycles. The third kappa shape index (κ3) is 2.87. The number of amides is 1. The molecule has 6 nitrogen and oxygen atoms in total. The van der Waals surface area contributed by atoms with Crippen molar-refractivity contribution < 1.29 is 4.79 Å². The standard InChI is InChI=1S/C17H19N5OS/c1-20-12-13(10-19-20)16-18-11-15(24-16)17(23)22-8-4-14(5-9-22)21-6-2-3-7-21/h2-3,6-7,10-12,14H,4-5,8-9H2,1H3. The van der Waals surface area contributed by atoms with E-state index in [4.69, 9.17) is 0 Å². The van der Waals surface area contributed by atoms with Crippen LogP contribution in [0.2, 0.25) is 0 Å². The van der Waals surface area contributed by atoms with Gasteiger partial charge in [0.1, 0.15) is 9.88 Å². The fourth-order valence-electron chi connectivity index (χ4n) is 3.15. The zero-order chi connectivity index (χ0) is 16.5. The van der Waals surface area contributed by atoms with Crippen LogP contribution in [0.25, 0.3) is 10.6 Å². The monoisotopic (exact) mass is 341 g/mol. The van der Waals surface area contributed by atoms with Crippen LogP contribution in [0.4, 0.5) is 0 Å². The van der Waals surface area contributed by atoms with Gasteiger partial charge in [-0.15, -0.1) is 11.3 Å². The van der Waals surface area contributed by atoms with E-state index in [1.54, 1.807) is 17.1 Å². The Balaban J connectivity index is 1.42. The number of aryl methyl sites for hydroxylation is 1. The number of rotatable bonds is 3. The van der Waals surface area contributed by atoms with E-state index in [9.17, 15) is 4.79 Å². The molecule has 0 bridgehead atoms. The summed E-state index contributed by atoms with van der Waals surface area (Å²) < 4.78 is 3.99. The van der Waals surface area contributed by atoms with Gasteiger partial charge in [-0.2, -0.15) is 5.10 Å². The normalized spacial score (nSPS) is 15.8. The quantitative estimate of drug-likeness (QED) is 0.736. The van der Waals surface area contributed by atoms with Gasteiger partial charge in [-0.3, -0.25) is 9.48 Å². The molecule has 124 valence electrons. The number of nitrogens with zero attached hydrogens (tertiary/aromatic N) is 5. The van der Waals surface area contributed by atoms with E-state index < -0.39 is 0 Å². The van der Waals surface area contributed by atoms with Gasteiger partial charge in [-0.1, -0.05) is 0 Å². The third-order valence-corrected chi connectivity index (χ3v) is 5.50. The summed E-state index contributed by atoms with van der Waals surface area (Å²) in [6.45, 7) is 1.59. The molecule has 1 aliphatic rings. The highest BCUT2D eigenvalue weighted by molar-refractivity contribution is 7.16. The second-order valence-corrected chi connectivity index (χ2v) is 7.12. The van der Waals surface area contributed by atoms with Crippen molar-refractivity contribution in [2.75, 3.05) is 13.1 Å². The van der Waals surface area contributed by atoms with Gasteiger partial charge in [-0.25, -0.2) is 4.98 Å². The molecule has 4 rings (SSSR count).